The van der Waals surface area contributed by atoms with Gasteiger partial charge in [0.05, 0.1) is 6.54 Å². The zero-order valence-electron chi connectivity index (χ0n) is 15.6. The van der Waals surface area contributed by atoms with Crippen molar-refractivity contribution in [1.82, 2.24) is 15.5 Å². The Hall–Kier alpha value is -1.30. The quantitative estimate of drug-likeness (QED) is 0.746. The van der Waals surface area contributed by atoms with Crippen LogP contribution in [0, 0.1) is 5.92 Å². The van der Waals surface area contributed by atoms with Crippen molar-refractivity contribution in [3.63, 3.8) is 0 Å². The Balaban J connectivity index is 1.70. The molecule has 2 N–H and O–H groups in total. The second-order valence-electron chi connectivity index (χ2n) is 8.23. The van der Waals surface area contributed by atoms with Gasteiger partial charge in [0.25, 0.3) is 0 Å². The molecule has 1 saturated carbocycles. The van der Waals surface area contributed by atoms with E-state index in [1.54, 1.807) is 0 Å². The van der Waals surface area contributed by atoms with Crippen LogP contribution in [-0.2, 0) is 9.53 Å². The van der Waals surface area contributed by atoms with E-state index in [0.29, 0.717) is 12.5 Å². The fourth-order valence-electron chi connectivity index (χ4n) is 3.04. The van der Waals surface area contributed by atoms with Crippen LogP contribution >= 0.6 is 0 Å². The topological polar surface area (TPSA) is 70.7 Å². The lowest BCUT2D eigenvalue weighted by Crippen LogP contribution is -2.44. The molecule has 1 aliphatic heterocycles. The molecule has 0 aromatic rings. The maximum atomic E-state index is 12.3. The summed E-state index contributed by atoms with van der Waals surface area (Å²) in [6, 6.07) is 0.376. The largest absolute Gasteiger partial charge is 0.444 e. The number of hydrogen-bond donors (Lipinski definition) is 2. The number of nitrogens with zero attached hydrogens (tertiary/aromatic N) is 1. The number of carbonyl (C=O) groups excluding carboxylic acids is 2. The van der Waals surface area contributed by atoms with E-state index in [0.717, 1.165) is 32.4 Å². The summed E-state index contributed by atoms with van der Waals surface area (Å²) in [4.78, 5) is 25.9. The maximum absolute atomic E-state index is 12.3. The lowest BCUT2D eigenvalue weighted by Gasteiger charge is -2.30. The van der Waals surface area contributed by atoms with Crippen LogP contribution in [0.15, 0.2) is 0 Å². The van der Waals surface area contributed by atoms with Gasteiger partial charge in [-0.2, -0.15) is 0 Å². The van der Waals surface area contributed by atoms with Gasteiger partial charge < -0.3 is 20.3 Å². The summed E-state index contributed by atoms with van der Waals surface area (Å²) in [5, 5.41) is 6.23. The van der Waals surface area contributed by atoms with Crippen LogP contribution in [0.1, 0.15) is 59.8 Å². The highest BCUT2D eigenvalue weighted by Crippen LogP contribution is 2.27. The van der Waals surface area contributed by atoms with Gasteiger partial charge in [0.1, 0.15) is 5.60 Å². The minimum atomic E-state index is -0.465. The Morgan fingerprint density at radius 1 is 1.25 bits per heavy atom. The van der Waals surface area contributed by atoms with E-state index in [1.165, 1.54) is 12.8 Å². The number of amides is 2. The molecule has 138 valence electrons. The zero-order chi connectivity index (χ0) is 17.7. The predicted molar refractivity (Wildman–Crippen MR) is 93.8 cm³/mol. The van der Waals surface area contributed by atoms with Gasteiger partial charge in [-0.05, 0) is 65.7 Å². The van der Waals surface area contributed by atoms with Gasteiger partial charge in [0, 0.05) is 25.2 Å². The van der Waals surface area contributed by atoms with Crippen molar-refractivity contribution in [2.45, 2.75) is 77.5 Å². The molecular formula is C18H33N3O3. The monoisotopic (exact) mass is 339 g/mol. The van der Waals surface area contributed by atoms with Crippen LogP contribution in [0.5, 0.6) is 0 Å². The van der Waals surface area contributed by atoms with E-state index < -0.39 is 5.60 Å². The minimum Gasteiger partial charge on any atom is -0.444 e. The smallest absolute Gasteiger partial charge is 0.410 e. The highest BCUT2D eigenvalue weighted by Gasteiger charge is 2.32. The van der Waals surface area contributed by atoms with Crippen molar-refractivity contribution in [1.29, 1.82) is 0 Å². The summed E-state index contributed by atoms with van der Waals surface area (Å²) in [5.41, 5.74) is -0.465. The molecule has 6 heteroatoms. The zero-order valence-corrected chi connectivity index (χ0v) is 15.6. The van der Waals surface area contributed by atoms with Gasteiger partial charge in [-0.25, -0.2) is 4.79 Å². The third-order valence-electron chi connectivity index (χ3n) is 4.53. The van der Waals surface area contributed by atoms with E-state index in [-0.39, 0.29) is 24.1 Å². The Bertz CT molecular complexity index is 443. The first-order valence-corrected chi connectivity index (χ1v) is 9.24. The van der Waals surface area contributed by atoms with Crippen LogP contribution in [0.3, 0.4) is 0 Å². The molecular weight excluding hydrogens is 306 g/mol. The van der Waals surface area contributed by atoms with Crippen LogP contribution in [0.4, 0.5) is 4.79 Å². The van der Waals surface area contributed by atoms with Crippen LogP contribution in [0.2, 0.25) is 0 Å². The Morgan fingerprint density at radius 3 is 2.58 bits per heavy atom. The second-order valence-corrected chi connectivity index (χ2v) is 8.23. The molecule has 0 aromatic carbocycles. The lowest BCUT2D eigenvalue weighted by atomic mass is 10.1. The molecule has 0 radical (unpaired) electrons. The van der Waals surface area contributed by atoms with Gasteiger partial charge in [0.15, 0.2) is 0 Å². The van der Waals surface area contributed by atoms with Crippen LogP contribution < -0.4 is 10.6 Å². The first kappa shape index (κ1) is 19.0. The molecule has 2 rings (SSSR count). The Kier molecular flexibility index (Phi) is 6.49. The molecule has 6 nitrogen and oxygen atoms in total. The maximum Gasteiger partial charge on any atom is 0.410 e. The third-order valence-corrected chi connectivity index (χ3v) is 4.53. The molecule has 0 spiro atoms. The normalized spacial score (nSPS) is 22.3. The fourth-order valence-corrected chi connectivity index (χ4v) is 3.04. The summed E-state index contributed by atoms with van der Waals surface area (Å²) in [5.74, 6) is 0.761. The third kappa shape index (κ3) is 6.67. The number of likely N-dealkylation sites (tertiary alicyclic amines) is 1. The highest BCUT2D eigenvalue weighted by atomic mass is 16.6. The van der Waals surface area contributed by atoms with Crippen LogP contribution in [-0.4, -0.2) is 54.2 Å². The molecule has 0 aromatic heterocycles. The molecule has 0 unspecified atom stereocenters. The summed E-state index contributed by atoms with van der Waals surface area (Å²) >= 11 is 0. The van der Waals surface area contributed by atoms with Crippen molar-refractivity contribution in [3.05, 3.63) is 0 Å². The van der Waals surface area contributed by atoms with Gasteiger partial charge in [-0.15, -0.1) is 0 Å². The van der Waals surface area contributed by atoms with Crippen molar-refractivity contribution >= 4 is 12.0 Å². The number of ether oxygens (including phenoxy) is 1. The highest BCUT2D eigenvalue weighted by molar-refractivity contribution is 5.78. The molecule has 2 amide bonds. The predicted octanol–water partition coefficient (Wildman–Crippen LogP) is 2.28. The summed E-state index contributed by atoms with van der Waals surface area (Å²) in [6.07, 6.45) is 5.12. The number of hydrogen-bond acceptors (Lipinski definition) is 4. The second kappa shape index (κ2) is 8.19. The Morgan fingerprint density at radius 2 is 1.96 bits per heavy atom. The molecule has 2 atom stereocenters. The number of carbonyl (C=O) groups is 2. The summed E-state index contributed by atoms with van der Waals surface area (Å²) < 4.78 is 5.49. The first-order valence-electron chi connectivity index (χ1n) is 9.24. The lowest BCUT2D eigenvalue weighted by molar-refractivity contribution is -0.120. The van der Waals surface area contributed by atoms with E-state index in [2.05, 4.69) is 17.6 Å². The van der Waals surface area contributed by atoms with Crippen molar-refractivity contribution in [2.75, 3.05) is 19.6 Å². The van der Waals surface area contributed by atoms with Crippen molar-refractivity contribution in [2.24, 2.45) is 5.92 Å². The molecule has 24 heavy (non-hydrogen) atoms. The van der Waals surface area contributed by atoms with Gasteiger partial charge in [-0.3, -0.25) is 4.79 Å². The van der Waals surface area contributed by atoms with E-state index in [4.69, 9.17) is 4.74 Å². The molecule has 2 fully saturated rings. The Labute approximate surface area is 145 Å². The van der Waals surface area contributed by atoms with Crippen molar-refractivity contribution in [3.8, 4) is 0 Å². The van der Waals surface area contributed by atoms with Gasteiger partial charge in [-0.1, -0.05) is 0 Å². The summed E-state index contributed by atoms with van der Waals surface area (Å²) in [6.45, 7) is 9.64. The SMILES string of the molecule is C[C@@H](C[C@H]1CCCN1C(=O)OC(C)(C)C)NCC(=O)NCC1CC1. The number of nitrogens with one attached hydrogen (secondary N) is 2. The average molecular weight is 339 g/mol. The molecule has 0 bridgehead atoms. The van der Waals surface area contributed by atoms with E-state index in [9.17, 15) is 9.59 Å². The van der Waals surface area contributed by atoms with E-state index in [1.807, 2.05) is 25.7 Å². The van der Waals surface area contributed by atoms with E-state index >= 15 is 0 Å². The minimum absolute atomic E-state index is 0.0594. The van der Waals surface area contributed by atoms with Crippen LogP contribution in [0.25, 0.3) is 0 Å². The first-order chi connectivity index (χ1) is 11.2. The fraction of sp³-hybridized carbons (Fsp3) is 0.889. The summed E-state index contributed by atoms with van der Waals surface area (Å²) in [7, 11) is 0. The standard InChI is InChI=1S/C18H33N3O3/c1-13(19-12-16(22)20-11-14-7-8-14)10-15-6-5-9-21(15)17(23)24-18(2,3)4/h13-15,19H,5-12H2,1-4H3,(H,20,22)/t13-,15+/m0/s1. The molecule has 1 heterocycles. The number of rotatable bonds is 7. The molecule has 1 saturated heterocycles. The van der Waals surface area contributed by atoms with Gasteiger partial charge in [0.2, 0.25) is 5.91 Å². The van der Waals surface area contributed by atoms with Crippen molar-refractivity contribution < 1.29 is 14.3 Å². The van der Waals surface area contributed by atoms with Gasteiger partial charge >= 0.3 is 6.09 Å². The molecule has 1 aliphatic carbocycles. The average Bonchev–Trinajstić information content (AvgIpc) is 3.19. The molecule has 2 aliphatic rings.